The number of carbonyl (C=O) groups excluding carboxylic acids is 1. The predicted molar refractivity (Wildman–Crippen MR) is 103 cm³/mol. The van der Waals surface area contributed by atoms with Gasteiger partial charge in [-0.1, -0.05) is 30.3 Å². The molecule has 1 aromatic heterocycles. The second-order valence-electron chi connectivity index (χ2n) is 6.64. The summed E-state index contributed by atoms with van der Waals surface area (Å²) in [6.07, 6.45) is 5.98. The van der Waals surface area contributed by atoms with Crippen molar-refractivity contribution in [2.24, 2.45) is 0 Å². The fraction of sp³-hybridized carbons (Fsp3) is 0.400. The molecular formula is C20H24BrN3O. The summed E-state index contributed by atoms with van der Waals surface area (Å²) in [5.41, 5.74) is 2.07. The molecule has 2 heterocycles. The van der Waals surface area contributed by atoms with Gasteiger partial charge in [0, 0.05) is 23.4 Å². The molecule has 1 aromatic carbocycles. The number of hydrogen-bond donors (Lipinski definition) is 1. The first kappa shape index (κ1) is 18.1. The predicted octanol–water partition coefficient (Wildman–Crippen LogP) is 3.90. The molecule has 1 N–H and O–H groups in total. The van der Waals surface area contributed by atoms with E-state index in [1.54, 1.807) is 12.4 Å². The number of halogens is 1. The van der Waals surface area contributed by atoms with E-state index in [1.165, 1.54) is 12.8 Å². The molecule has 2 aromatic rings. The Hall–Kier alpha value is -1.72. The van der Waals surface area contributed by atoms with Crippen LogP contribution in [0.1, 0.15) is 42.9 Å². The maximum atomic E-state index is 12.8. The summed E-state index contributed by atoms with van der Waals surface area (Å²) >= 11 is 3.42. The first-order valence-electron chi connectivity index (χ1n) is 8.81. The lowest BCUT2D eigenvalue weighted by Gasteiger charge is -2.26. The Morgan fingerprint density at radius 3 is 2.60 bits per heavy atom. The minimum Gasteiger partial charge on any atom is -0.347 e. The summed E-state index contributed by atoms with van der Waals surface area (Å²) in [7, 11) is 0. The molecule has 0 spiro atoms. The summed E-state index contributed by atoms with van der Waals surface area (Å²) in [6.45, 7) is 5.02. The molecule has 1 saturated heterocycles. The Balaban J connectivity index is 1.73. The Morgan fingerprint density at radius 2 is 1.92 bits per heavy atom. The van der Waals surface area contributed by atoms with Gasteiger partial charge in [0.2, 0.25) is 5.91 Å². The summed E-state index contributed by atoms with van der Waals surface area (Å²) in [5.74, 6) is -0.206. The number of carbonyl (C=O) groups is 1. The van der Waals surface area contributed by atoms with Crippen LogP contribution in [0.4, 0.5) is 0 Å². The molecule has 0 saturated carbocycles. The van der Waals surface area contributed by atoms with Gasteiger partial charge in [-0.05, 0) is 66.0 Å². The molecule has 3 rings (SSSR count). The maximum Gasteiger partial charge on any atom is 0.227 e. The Kier molecular flexibility index (Phi) is 6.21. The fourth-order valence-corrected chi connectivity index (χ4v) is 3.64. The number of nitrogens with zero attached hydrogens (tertiary/aromatic N) is 2. The average Bonchev–Trinajstić information content (AvgIpc) is 3.14. The molecule has 0 radical (unpaired) electrons. The molecule has 25 heavy (non-hydrogen) atoms. The molecule has 1 aliphatic rings. The van der Waals surface area contributed by atoms with Gasteiger partial charge < -0.3 is 10.2 Å². The highest BCUT2D eigenvalue weighted by Crippen LogP contribution is 2.22. The standard InChI is InChI=1S/C20H24BrN3O/c1-15(17-11-18(21)13-22-12-17)20(25)23-19(14-24-9-5-6-10-24)16-7-3-2-4-8-16/h2-4,7-8,11-13,15,19H,5-6,9-10,14H2,1H3,(H,23,25)/t15?,19-/m1/s1. The largest absolute Gasteiger partial charge is 0.347 e. The number of amides is 1. The zero-order valence-corrected chi connectivity index (χ0v) is 16.1. The van der Waals surface area contributed by atoms with E-state index in [4.69, 9.17) is 0 Å². The zero-order chi connectivity index (χ0) is 17.6. The van der Waals surface area contributed by atoms with Crippen LogP contribution in [0.15, 0.2) is 53.3 Å². The highest BCUT2D eigenvalue weighted by Gasteiger charge is 2.23. The molecule has 5 heteroatoms. The number of likely N-dealkylation sites (tertiary alicyclic amines) is 1. The molecule has 2 atom stereocenters. The topological polar surface area (TPSA) is 45.2 Å². The van der Waals surface area contributed by atoms with E-state index in [0.717, 1.165) is 35.2 Å². The molecule has 1 fully saturated rings. The van der Waals surface area contributed by atoms with Crippen molar-refractivity contribution in [2.45, 2.75) is 31.7 Å². The van der Waals surface area contributed by atoms with Crippen molar-refractivity contribution in [3.05, 3.63) is 64.4 Å². The number of pyridine rings is 1. The summed E-state index contributed by atoms with van der Waals surface area (Å²) in [6, 6.07) is 12.2. The lowest BCUT2D eigenvalue weighted by atomic mass is 10.0. The van der Waals surface area contributed by atoms with Gasteiger partial charge in [-0.3, -0.25) is 9.78 Å². The molecule has 0 aliphatic carbocycles. The van der Waals surface area contributed by atoms with Crippen molar-refractivity contribution in [3.8, 4) is 0 Å². The zero-order valence-electron chi connectivity index (χ0n) is 14.5. The van der Waals surface area contributed by atoms with E-state index >= 15 is 0 Å². The second kappa shape index (κ2) is 8.59. The molecule has 1 aliphatic heterocycles. The van der Waals surface area contributed by atoms with Gasteiger partial charge in [0.25, 0.3) is 0 Å². The number of benzene rings is 1. The summed E-state index contributed by atoms with van der Waals surface area (Å²) < 4.78 is 0.890. The summed E-state index contributed by atoms with van der Waals surface area (Å²) in [4.78, 5) is 19.4. The van der Waals surface area contributed by atoms with Gasteiger partial charge in [0.05, 0.1) is 12.0 Å². The van der Waals surface area contributed by atoms with Crippen molar-refractivity contribution in [1.29, 1.82) is 0 Å². The van der Waals surface area contributed by atoms with Gasteiger partial charge in [0.15, 0.2) is 0 Å². The molecule has 1 unspecified atom stereocenters. The summed E-state index contributed by atoms with van der Waals surface area (Å²) in [5, 5.41) is 3.25. The molecule has 1 amide bonds. The highest BCUT2D eigenvalue weighted by atomic mass is 79.9. The van der Waals surface area contributed by atoms with Crippen LogP contribution in [-0.2, 0) is 4.79 Å². The van der Waals surface area contributed by atoms with E-state index in [9.17, 15) is 4.79 Å². The third kappa shape index (κ3) is 4.89. The van der Waals surface area contributed by atoms with E-state index in [1.807, 2.05) is 31.2 Å². The lowest BCUT2D eigenvalue weighted by molar-refractivity contribution is -0.123. The normalized spacial score (nSPS) is 17.2. The molecule has 4 nitrogen and oxygen atoms in total. The van der Waals surface area contributed by atoms with E-state index < -0.39 is 0 Å². The Bertz CT molecular complexity index is 701. The SMILES string of the molecule is CC(C(=O)N[C@H](CN1CCCC1)c1ccccc1)c1cncc(Br)c1. The van der Waals surface area contributed by atoms with Gasteiger partial charge >= 0.3 is 0 Å². The minimum absolute atomic E-state index is 0.00867. The van der Waals surface area contributed by atoms with Gasteiger partial charge in [0.1, 0.15) is 0 Å². The fourth-order valence-electron chi connectivity index (χ4n) is 3.26. The minimum atomic E-state index is -0.241. The van der Waals surface area contributed by atoms with Gasteiger partial charge in [-0.2, -0.15) is 0 Å². The highest BCUT2D eigenvalue weighted by molar-refractivity contribution is 9.10. The average molecular weight is 402 g/mol. The van der Waals surface area contributed by atoms with Gasteiger partial charge in [-0.25, -0.2) is 0 Å². The molecular weight excluding hydrogens is 378 g/mol. The third-order valence-corrected chi connectivity index (χ3v) is 5.21. The Morgan fingerprint density at radius 1 is 1.20 bits per heavy atom. The number of rotatable bonds is 6. The maximum absolute atomic E-state index is 12.8. The quantitative estimate of drug-likeness (QED) is 0.797. The number of hydrogen-bond acceptors (Lipinski definition) is 3. The van der Waals surface area contributed by atoms with Crippen LogP contribution in [0.25, 0.3) is 0 Å². The van der Waals surface area contributed by atoms with Crippen LogP contribution in [0, 0.1) is 0 Å². The van der Waals surface area contributed by atoms with Crippen LogP contribution >= 0.6 is 15.9 Å². The van der Waals surface area contributed by atoms with E-state index in [-0.39, 0.29) is 17.9 Å². The van der Waals surface area contributed by atoms with Gasteiger partial charge in [-0.15, -0.1) is 0 Å². The van der Waals surface area contributed by atoms with E-state index in [2.05, 4.69) is 43.3 Å². The first-order chi connectivity index (χ1) is 12.1. The third-order valence-electron chi connectivity index (χ3n) is 4.78. The van der Waals surface area contributed by atoms with E-state index in [0.29, 0.717) is 0 Å². The Labute approximate surface area is 157 Å². The van der Waals surface area contributed by atoms with Crippen molar-refractivity contribution in [2.75, 3.05) is 19.6 Å². The van der Waals surface area contributed by atoms with Crippen molar-refractivity contribution >= 4 is 21.8 Å². The van der Waals surface area contributed by atoms with Crippen LogP contribution < -0.4 is 5.32 Å². The van der Waals surface area contributed by atoms with Crippen molar-refractivity contribution in [3.63, 3.8) is 0 Å². The molecule has 0 bridgehead atoms. The second-order valence-corrected chi connectivity index (χ2v) is 7.55. The monoisotopic (exact) mass is 401 g/mol. The van der Waals surface area contributed by atoms with Crippen molar-refractivity contribution < 1.29 is 4.79 Å². The molecule has 132 valence electrons. The lowest BCUT2D eigenvalue weighted by Crippen LogP contribution is -2.38. The smallest absolute Gasteiger partial charge is 0.227 e. The van der Waals surface area contributed by atoms with Crippen LogP contribution in [-0.4, -0.2) is 35.4 Å². The number of aromatic nitrogens is 1. The van der Waals surface area contributed by atoms with Crippen molar-refractivity contribution in [1.82, 2.24) is 15.2 Å². The first-order valence-corrected chi connectivity index (χ1v) is 9.61. The number of nitrogens with one attached hydrogen (secondary N) is 1. The van der Waals surface area contributed by atoms with Crippen LogP contribution in [0.3, 0.4) is 0 Å². The van der Waals surface area contributed by atoms with Crippen LogP contribution in [0.2, 0.25) is 0 Å². The van der Waals surface area contributed by atoms with Crippen LogP contribution in [0.5, 0.6) is 0 Å².